The normalized spacial score (nSPS) is 35.3. The molecule has 1 aromatic rings. The average molecular weight is 309 g/mol. The molecule has 0 aromatic heterocycles. The molecule has 0 spiro atoms. The fourth-order valence-electron chi connectivity index (χ4n) is 5.09. The summed E-state index contributed by atoms with van der Waals surface area (Å²) in [5.41, 5.74) is 6.37. The number of nitrogens with zero attached hydrogens (tertiary/aromatic N) is 1. The molecule has 124 valence electrons. The van der Waals surface area contributed by atoms with Crippen LogP contribution in [0.1, 0.15) is 88.8 Å². The first-order chi connectivity index (χ1) is 11.0. The van der Waals surface area contributed by atoms with E-state index >= 15 is 0 Å². The molecule has 0 bridgehead atoms. The second-order valence-electron chi connectivity index (χ2n) is 8.86. The van der Waals surface area contributed by atoms with Crippen molar-refractivity contribution < 1.29 is 0 Å². The highest BCUT2D eigenvalue weighted by Gasteiger charge is 2.46. The summed E-state index contributed by atoms with van der Waals surface area (Å²) in [6.07, 6.45) is 7.96. The van der Waals surface area contributed by atoms with Crippen molar-refractivity contribution in [1.29, 1.82) is 0 Å². The van der Waals surface area contributed by atoms with Gasteiger partial charge in [0.25, 0.3) is 0 Å². The minimum atomic E-state index is 0.366. The number of aliphatic imine (C=N–C) groups is 1. The molecule has 4 rings (SSSR count). The summed E-state index contributed by atoms with van der Waals surface area (Å²) >= 11 is 0. The van der Waals surface area contributed by atoms with Crippen LogP contribution in [0.4, 0.5) is 0 Å². The fourth-order valence-corrected chi connectivity index (χ4v) is 5.09. The predicted molar refractivity (Wildman–Crippen MR) is 98.6 cm³/mol. The number of rotatable bonds is 2. The third kappa shape index (κ3) is 2.57. The third-order valence-electron chi connectivity index (χ3n) is 6.80. The first-order valence-electron chi connectivity index (χ1n) is 9.70. The molecule has 0 heterocycles. The largest absolute Gasteiger partial charge is 0.286 e. The highest BCUT2D eigenvalue weighted by Crippen LogP contribution is 2.52. The van der Waals surface area contributed by atoms with E-state index in [9.17, 15) is 0 Å². The maximum atomic E-state index is 5.16. The lowest BCUT2D eigenvalue weighted by molar-refractivity contribution is 0.139. The van der Waals surface area contributed by atoms with Gasteiger partial charge in [0.15, 0.2) is 0 Å². The van der Waals surface area contributed by atoms with E-state index in [0.717, 1.165) is 11.8 Å². The molecule has 0 N–H and O–H groups in total. The van der Waals surface area contributed by atoms with Gasteiger partial charge in [0, 0.05) is 5.71 Å². The zero-order valence-electron chi connectivity index (χ0n) is 15.2. The van der Waals surface area contributed by atoms with Gasteiger partial charge in [0.2, 0.25) is 0 Å². The predicted octanol–water partition coefficient (Wildman–Crippen LogP) is 5.86. The Morgan fingerprint density at radius 1 is 1.17 bits per heavy atom. The van der Waals surface area contributed by atoms with Crippen LogP contribution in [0, 0.1) is 11.8 Å². The van der Waals surface area contributed by atoms with Crippen LogP contribution in [0.25, 0.3) is 0 Å². The molecule has 1 aromatic carbocycles. The maximum absolute atomic E-state index is 5.16. The summed E-state index contributed by atoms with van der Waals surface area (Å²) in [6.45, 7) is 9.62. The van der Waals surface area contributed by atoms with Crippen LogP contribution in [-0.4, -0.2) is 11.8 Å². The van der Waals surface area contributed by atoms with Crippen molar-refractivity contribution in [3.63, 3.8) is 0 Å². The minimum absolute atomic E-state index is 0.366. The maximum Gasteiger partial charge on any atom is 0.0504 e. The van der Waals surface area contributed by atoms with Crippen molar-refractivity contribution in [3.05, 3.63) is 34.9 Å². The molecular formula is C22H31N. The van der Waals surface area contributed by atoms with Gasteiger partial charge in [0.05, 0.1) is 6.04 Å². The molecule has 3 unspecified atom stereocenters. The Balaban J connectivity index is 1.86. The Morgan fingerprint density at radius 3 is 2.65 bits per heavy atom. The van der Waals surface area contributed by atoms with Crippen molar-refractivity contribution in [1.82, 2.24) is 0 Å². The summed E-state index contributed by atoms with van der Waals surface area (Å²) in [7, 11) is 0. The van der Waals surface area contributed by atoms with Gasteiger partial charge in [-0.05, 0) is 71.6 Å². The summed E-state index contributed by atoms with van der Waals surface area (Å²) in [4.78, 5) is 5.16. The highest BCUT2D eigenvalue weighted by atomic mass is 14.8. The second-order valence-corrected chi connectivity index (χ2v) is 8.86. The van der Waals surface area contributed by atoms with Crippen molar-refractivity contribution >= 4 is 5.71 Å². The van der Waals surface area contributed by atoms with E-state index in [1.54, 1.807) is 5.56 Å². The van der Waals surface area contributed by atoms with Gasteiger partial charge >= 0.3 is 0 Å². The number of benzene rings is 1. The van der Waals surface area contributed by atoms with Crippen LogP contribution in [0.3, 0.4) is 0 Å². The number of hydrogen-bond donors (Lipinski definition) is 0. The van der Waals surface area contributed by atoms with E-state index in [2.05, 4.69) is 45.9 Å². The monoisotopic (exact) mass is 309 g/mol. The molecule has 2 fully saturated rings. The van der Waals surface area contributed by atoms with Gasteiger partial charge in [-0.3, -0.25) is 4.99 Å². The molecule has 0 radical (unpaired) electrons. The summed E-state index contributed by atoms with van der Waals surface area (Å²) in [5.74, 6) is 2.21. The first-order valence-corrected chi connectivity index (χ1v) is 9.70. The lowest BCUT2D eigenvalue weighted by Gasteiger charge is -2.50. The van der Waals surface area contributed by atoms with Crippen LogP contribution < -0.4 is 0 Å². The Morgan fingerprint density at radius 2 is 1.96 bits per heavy atom. The molecule has 3 aliphatic rings. The van der Waals surface area contributed by atoms with Crippen LogP contribution in [-0.2, 0) is 5.41 Å². The minimum Gasteiger partial charge on any atom is -0.286 e. The van der Waals surface area contributed by atoms with E-state index in [4.69, 9.17) is 4.99 Å². The van der Waals surface area contributed by atoms with Crippen LogP contribution in [0.2, 0.25) is 0 Å². The van der Waals surface area contributed by atoms with Crippen molar-refractivity contribution in [3.8, 4) is 0 Å². The van der Waals surface area contributed by atoms with Gasteiger partial charge in [-0.25, -0.2) is 0 Å². The molecule has 23 heavy (non-hydrogen) atoms. The van der Waals surface area contributed by atoms with Crippen LogP contribution >= 0.6 is 0 Å². The van der Waals surface area contributed by atoms with Gasteiger partial charge in [-0.2, -0.15) is 0 Å². The molecule has 3 atom stereocenters. The van der Waals surface area contributed by atoms with Gasteiger partial charge in [-0.1, -0.05) is 52.7 Å². The summed E-state index contributed by atoms with van der Waals surface area (Å²) in [5, 5.41) is 0. The van der Waals surface area contributed by atoms with E-state index in [1.165, 1.54) is 55.4 Å². The Kier molecular flexibility index (Phi) is 3.66. The lowest BCUT2D eigenvalue weighted by Crippen LogP contribution is -2.45. The van der Waals surface area contributed by atoms with E-state index < -0.39 is 0 Å². The van der Waals surface area contributed by atoms with Crippen LogP contribution in [0.15, 0.2) is 23.2 Å². The highest BCUT2D eigenvalue weighted by molar-refractivity contribution is 6.04. The number of fused-ring (bicyclic) bond motifs is 3. The second kappa shape index (κ2) is 5.46. The van der Waals surface area contributed by atoms with Crippen molar-refractivity contribution in [2.45, 2.75) is 83.6 Å². The summed E-state index contributed by atoms with van der Waals surface area (Å²) in [6, 6.07) is 7.94. The summed E-state index contributed by atoms with van der Waals surface area (Å²) < 4.78 is 0. The van der Waals surface area contributed by atoms with E-state index in [-0.39, 0.29) is 0 Å². The molecule has 0 aliphatic heterocycles. The zero-order chi connectivity index (χ0) is 16.2. The first kappa shape index (κ1) is 15.4. The molecule has 1 heteroatoms. The Bertz CT molecular complexity index is 637. The van der Waals surface area contributed by atoms with E-state index in [0.29, 0.717) is 17.4 Å². The third-order valence-corrected chi connectivity index (χ3v) is 6.80. The molecule has 0 amide bonds. The zero-order valence-corrected chi connectivity index (χ0v) is 15.2. The topological polar surface area (TPSA) is 12.4 Å². The van der Waals surface area contributed by atoms with Gasteiger partial charge < -0.3 is 0 Å². The smallest absolute Gasteiger partial charge is 0.0504 e. The average Bonchev–Trinajstić information content (AvgIpc) is 3.33. The molecule has 2 saturated carbocycles. The van der Waals surface area contributed by atoms with Gasteiger partial charge in [-0.15, -0.1) is 0 Å². The SMILES string of the molecule is CC(C)c1ccc2c(c1)C(=NC1CC1)CC1C(C)CCCC21C. The van der Waals surface area contributed by atoms with Crippen molar-refractivity contribution in [2.24, 2.45) is 16.8 Å². The quantitative estimate of drug-likeness (QED) is 0.649. The standard InChI is InChI=1S/C22H31N/c1-14(2)16-7-10-19-18(12-16)21(23-17-8-9-17)13-20-15(3)6-5-11-22(19,20)4/h7,10,12,14-15,17,20H,5-6,8-9,11,13H2,1-4H3. The lowest BCUT2D eigenvalue weighted by atomic mass is 9.54. The van der Waals surface area contributed by atoms with Crippen molar-refractivity contribution in [2.75, 3.05) is 0 Å². The Hall–Kier alpha value is -1.11. The molecule has 0 saturated heterocycles. The fraction of sp³-hybridized carbons (Fsp3) is 0.682. The molecule has 3 aliphatic carbocycles. The van der Waals surface area contributed by atoms with Crippen LogP contribution in [0.5, 0.6) is 0 Å². The Labute approximate surface area is 141 Å². The van der Waals surface area contributed by atoms with E-state index in [1.807, 2.05) is 0 Å². The molecule has 1 nitrogen and oxygen atoms in total. The number of hydrogen-bond acceptors (Lipinski definition) is 1. The molecular weight excluding hydrogens is 278 g/mol. The van der Waals surface area contributed by atoms with Gasteiger partial charge in [0.1, 0.15) is 0 Å².